The molecule has 1 N–H and O–H groups in total. The van der Waals surface area contributed by atoms with E-state index in [1.807, 2.05) is 67.6 Å². The molecule has 1 aliphatic heterocycles. The van der Waals surface area contributed by atoms with E-state index in [9.17, 15) is 14.4 Å². The standard InChI is InChI=1S/C26H22N2O4/c1-3-16-11-12-20-18(14-23(29)32-22(20)13-16)15-28-24(30)26(2,27-25(28)31)21-10-6-8-17-7-4-5-9-19(17)21/h4-14H,3,15H2,1-2H3,(H,27,31). The minimum absolute atomic E-state index is 0.0153. The number of imide groups is 1. The van der Waals surface area contributed by atoms with Gasteiger partial charge in [-0.3, -0.25) is 9.69 Å². The fourth-order valence-electron chi connectivity index (χ4n) is 4.48. The third kappa shape index (κ3) is 3.07. The summed E-state index contributed by atoms with van der Waals surface area (Å²) in [5.41, 5.74) is 1.09. The Morgan fingerprint density at radius 2 is 1.72 bits per heavy atom. The van der Waals surface area contributed by atoms with Crippen molar-refractivity contribution in [3.05, 3.63) is 93.8 Å². The second kappa shape index (κ2) is 7.34. The molecule has 4 aromatic rings. The first-order valence-corrected chi connectivity index (χ1v) is 10.6. The van der Waals surface area contributed by atoms with Crippen molar-refractivity contribution >= 4 is 33.7 Å². The maximum atomic E-state index is 13.5. The van der Waals surface area contributed by atoms with Gasteiger partial charge in [0.15, 0.2) is 0 Å². The SMILES string of the molecule is CCc1ccc2c(CN3C(=O)NC(C)(c4cccc5ccccc45)C3=O)cc(=O)oc2c1. The van der Waals surface area contributed by atoms with Gasteiger partial charge in [0, 0.05) is 11.5 Å². The lowest BCUT2D eigenvalue weighted by Crippen LogP contribution is -2.41. The highest BCUT2D eigenvalue weighted by Crippen LogP contribution is 2.35. The van der Waals surface area contributed by atoms with Gasteiger partial charge in [0.2, 0.25) is 0 Å². The van der Waals surface area contributed by atoms with Gasteiger partial charge in [0.1, 0.15) is 11.1 Å². The van der Waals surface area contributed by atoms with Crippen LogP contribution in [0.3, 0.4) is 0 Å². The van der Waals surface area contributed by atoms with E-state index in [2.05, 4.69) is 5.32 Å². The molecule has 1 unspecified atom stereocenters. The lowest BCUT2D eigenvalue weighted by molar-refractivity contribution is -0.131. The molecule has 0 radical (unpaired) electrons. The van der Waals surface area contributed by atoms with Crippen molar-refractivity contribution in [3.63, 3.8) is 0 Å². The number of urea groups is 1. The predicted octanol–water partition coefficient (Wildman–Crippen LogP) is 4.48. The number of hydrogen-bond donors (Lipinski definition) is 1. The molecule has 2 heterocycles. The lowest BCUT2D eigenvalue weighted by Gasteiger charge is -2.24. The average molecular weight is 426 g/mol. The van der Waals surface area contributed by atoms with Crippen molar-refractivity contribution in [2.45, 2.75) is 32.4 Å². The average Bonchev–Trinajstić information content (AvgIpc) is 3.01. The molecule has 1 atom stereocenters. The van der Waals surface area contributed by atoms with Crippen LogP contribution in [-0.2, 0) is 23.3 Å². The molecule has 0 saturated carbocycles. The Kier molecular flexibility index (Phi) is 4.59. The summed E-state index contributed by atoms with van der Waals surface area (Å²) < 4.78 is 5.36. The van der Waals surface area contributed by atoms with E-state index in [4.69, 9.17) is 4.42 Å². The van der Waals surface area contributed by atoms with Crippen LogP contribution < -0.4 is 10.9 Å². The lowest BCUT2D eigenvalue weighted by atomic mass is 9.87. The van der Waals surface area contributed by atoms with Gasteiger partial charge in [-0.15, -0.1) is 0 Å². The number of carbonyl (C=O) groups is 2. The fourth-order valence-corrected chi connectivity index (χ4v) is 4.48. The van der Waals surface area contributed by atoms with Crippen molar-refractivity contribution in [2.75, 3.05) is 0 Å². The number of carbonyl (C=O) groups excluding carboxylic acids is 2. The van der Waals surface area contributed by atoms with Crippen LogP contribution in [0.2, 0.25) is 0 Å². The number of hydrogen-bond acceptors (Lipinski definition) is 4. The Bertz CT molecular complexity index is 1450. The molecular weight excluding hydrogens is 404 g/mol. The first-order chi connectivity index (χ1) is 15.4. The van der Waals surface area contributed by atoms with Crippen molar-refractivity contribution < 1.29 is 14.0 Å². The normalized spacial score (nSPS) is 18.5. The highest BCUT2D eigenvalue weighted by molar-refractivity contribution is 6.09. The summed E-state index contributed by atoms with van der Waals surface area (Å²) in [7, 11) is 0. The third-order valence-electron chi connectivity index (χ3n) is 6.23. The molecule has 5 rings (SSSR count). The predicted molar refractivity (Wildman–Crippen MR) is 122 cm³/mol. The van der Waals surface area contributed by atoms with Crippen LogP contribution in [0.1, 0.15) is 30.5 Å². The number of aryl methyl sites for hydroxylation is 1. The van der Waals surface area contributed by atoms with Crippen LogP contribution in [-0.4, -0.2) is 16.8 Å². The largest absolute Gasteiger partial charge is 0.423 e. The summed E-state index contributed by atoms with van der Waals surface area (Å²) in [5.74, 6) is -0.356. The van der Waals surface area contributed by atoms with Crippen LogP contribution in [0, 0.1) is 0 Å². The van der Waals surface area contributed by atoms with Crippen LogP contribution >= 0.6 is 0 Å². The molecule has 3 amide bonds. The van der Waals surface area contributed by atoms with Gasteiger partial charge in [-0.25, -0.2) is 9.59 Å². The van der Waals surface area contributed by atoms with E-state index in [1.165, 1.54) is 11.0 Å². The Morgan fingerprint density at radius 1 is 0.938 bits per heavy atom. The molecule has 1 saturated heterocycles. The van der Waals surface area contributed by atoms with Crippen LogP contribution in [0.4, 0.5) is 4.79 Å². The van der Waals surface area contributed by atoms with E-state index < -0.39 is 17.2 Å². The third-order valence-corrected chi connectivity index (χ3v) is 6.23. The summed E-state index contributed by atoms with van der Waals surface area (Å²) in [4.78, 5) is 39.8. The number of nitrogens with zero attached hydrogens (tertiary/aromatic N) is 1. The Morgan fingerprint density at radius 3 is 2.53 bits per heavy atom. The summed E-state index contributed by atoms with van der Waals surface area (Å²) in [6.07, 6.45) is 0.806. The molecule has 32 heavy (non-hydrogen) atoms. The number of benzene rings is 3. The quantitative estimate of drug-likeness (QED) is 0.386. The Balaban J connectivity index is 1.56. The van der Waals surface area contributed by atoms with Gasteiger partial charge in [-0.1, -0.05) is 61.5 Å². The van der Waals surface area contributed by atoms with E-state index in [-0.39, 0.29) is 12.5 Å². The number of amides is 3. The fraction of sp³-hybridized carbons (Fsp3) is 0.192. The highest BCUT2D eigenvalue weighted by atomic mass is 16.4. The molecule has 6 heteroatoms. The van der Waals surface area contributed by atoms with E-state index in [0.29, 0.717) is 16.5 Å². The molecule has 1 fully saturated rings. The molecule has 3 aromatic carbocycles. The van der Waals surface area contributed by atoms with Gasteiger partial charge < -0.3 is 9.73 Å². The number of fused-ring (bicyclic) bond motifs is 2. The second-order valence-corrected chi connectivity index (χ2v) is 8.25. The maximum Gasteiger partial charge on any atom is 0.336 e. The molecule has 0 spiro atoms. The highest BCUT2D eigenvalue weighted by Gasteiger charge is 2.49. The summed E-state index contributed by atoms with van der Waals surface area (Å²) in [6, 6.07) is 20.0. The smallest absolute Gasteiger partial charge is 0.336 e. The first-order valence-electron chi connectivity index (χ1n) is 10.6. The monoisotopic (exact) mass is 426 g/mol. The van der Waals surface area contributed by atoms with Crippen LogP contribution in [0.15, 0.2) is 75.9 Å². The van der Waals surface area contributed by atoms with Crippen molar-refractivity contribution in [1.82, 2.24) is 10.2 Å². The van der Waals surface area contributed by atoms with Crippen LogP contribution in [0.5, 0.6) is 0 Å². The summed E-state index contributed by atoms with van der Waals surface area (Å²) >= 11 is 0. The zero-order valence-corrected chi connectivity index (χ0v) is 17.8. The van der Waals surface area contributed by atoms with Gasteiger partial charge in [0.05, 0.1) is 6.54 Å². The number of nitrogens with one attached hydrogen (secondary N) is 1. The molecular formula is C26H22N2O4. The maximum absolute atomic E-state index is 13.5. The van der Waals surface area contributed by atoms with Crippen LogP contribution in [0.25, 0.3) is 21.7 Å². The zero-order chi connectivity index (χ0) is 22.5. The molecule has 6 nitrogen and oxygen atoms in total. The molecule has 160 valence electrons. The van der Waals surface area contributed by atoms with Crippen molar-refractivity contribution in [2.24, 2.45) is 0 Å². The Labute approximate surface area is 184 Å². The zero-order valence-electron chi connectivity index (χ0n) is 17.8. The summed E-state index contributed by atoms with van der Waals surface area (Å²) in [6.45, 7) is 3.73. The molecule has 1 aliphatic rings. The topological polar surface area (TPSA) is 79.6 Å². The number of rotatable bonds is 4. The van der Waals surface area contributed by atoms with Crippen molar-refractivity contribution in [1.29, 1.82) is 0 Å². The van der Waals surface area contributed by atoms with E-state index >= 15 is 0 Å². The van der Waals surface area contributed by atoms with E-state index in [1.54, 1.807) is 6.92 Å². The van der Waals surface area contributed by atoms with Gasteiger partial charge in [-0.05, 0) is 46.9 Å². The molecule has 1 aromatic heterocycles. The second-order valence-electron chi connectivity index (χ2n) is 8.25. The Hall–Kier alpha value is -3.93. The minimum atomic E-state index is -1.21. The van der Waals surface area contributed by atoms with Gasteiger partial charge >= 0.3 is 11.7 Å². The first kappa shape index (κ1) is 20.0. The van der Waals surface area contributed by atoms with Gasteiger partial charge in [0.25, 0.3) is 5.91 Å². The molecule has 0 aliphatic carbocycles. The molecule has 0 bridgehead atoms. The van der Waals surface area contributed by atoms with E-state index in [0.717, 1.165) is 28.3 Å². The van der Waals surface area contributed by atoms with Crippen molar-refractivity contribution in [3.8, 4) is 0 Å². The van der Waals surface area contributed by atoms with Gasteiger partial charge in [-0.2, -0.15) is 0 Å². The summed E-state index contributed by atoms with van der Waals surface area (Å²) in [5, 5.41) is 5.48. The minimum Gasteiger partial charge on any atom is -0.423 e.